The molecule has 2 nitrogen and oxygen atoms in total. The Morgan fingerprint density at radius 1 is 1.05 bits per heavy atom. The lowest BCUT2D eigenvalue weighted by atomic mass is 9.47. The molecular formula is C19H28O2. The summed E-state index contributed by atoms with van der Waals surface area (Å²) < 4.78 is 0. The van der Waals surface area contributed by atoms with Gasteiger partial charge in [0, 0.05) is 11.8 Å². The van der Waals surface area contributed by atoms with Crippen molar-refractivity contribution in [2.75, 3.05) is 0 Å². The number of carbonyl (C=O) groups excluding carboxylic acids is 1. The summed E-state index contributed by atoms with van der Waals surface area (Å²) in [7, 11) is 0. The summed E-state index contributed by atoms with van der Waals surface area (Å²) in [5.41, 5.74) is 1.68. The molecule has 0 aromatic carbocycles. The van der Waals surface area contributed by atoms with E-state index in [1.54, 1.807) is 0 Å². The molecular weight excluding hydrogens is 260 g/mol. The first-order valence-electron chi connectivity index (χ1n) is 8.89. The van der Waals surface area contributed by atoms with Crippen LogP contribution in [0, 0.1) is 28.6 Å². The number of rotatable bonds is 0. The van der Waals surface area contributed by atoms with Gasteiger partial charge in [0.15, 0.2) is 0 Å². The number of Topliss-reactive ketones (excluding diaryl/α,β-unsaturated/α-hetero) is 1. The van der Waals surface area contributed by atoms with Gasteiger partial charge in [-0.15, -0.1) is 0 Å². The zero-order valence-electron chi connectivity index (χ0n) is 13.4. The van der Waals surface area contributed by atoms with E-state index in [4.69, 9.17) is 0 Å². The van der Waals surface area contributed by atoms with Crippen molar-refractivity contribution in [3.63, 3.8) is 0 Å². The van der Waals surface area contributed by atoms with Crippen LogP contribution in [0.4, 0.5) is 0 Å². The molecule has 0 heterocycles. The average Bonchev–Trinajstić information content (AvgIpc) is 2.76. The highest BCUT2D eigenvalue weighted by Crippen LogP contribution is 2.63. The number of allylic oxidation sites excluding steroid dienone is 1. The van der Waals surface area contributed by atoms with Crippen molar-refractivity contribution < 1.29 is 9.90 Å². The molecule has 21 heavy (non-hydrogen) atoms. The average molecular weight is 288 g/mol. The lowest BCUT2D eigenvalue weighted by Crippen LogP contribution is -2.54. The first-order chi connectivity index (χ1) is 9.97. The molecule has 0 radical (unpaired) electrons. The molecule has 0 unspecified atom stereocenters. The van der Waals surface area contributed by atoms with Gasteiger partial charge in [0.25, 0.3) is 0 Å². The van der Waals surface area contributed by atoms with Gasteiger partial charge in [-0.3, -0.25) is 4.79 Å². The molecule has 0 aromatic rings. The lowest BCUT2D eigenvalue weighted by Gasteiger charge is -2.57. The van der Waals surface area contributed by atoms with E-state index in [0.29, 0.717) is 29.0 Å². The Hall–Kier alpha value is -0.630. The van der Waals surface area contributed by atoms with Crippen LogP contribution in [-0.4, -0.2) is 17.0 Å². The van der Waals surface area contributed by atoms with Crippen molar-refractivity contribution >= 4 is 5.78 Å². The molecule has 4 aliphatic rings. The number of aliphatic hydroxyl groups excluding tert-OH is 1. The molecule has 0 bridgehead atoms. The molecule has 4 rings (SSSR count). The molecule has 2 heteroatoms. The maximum absolute atomic E-state index is 12.4. The topological polar surface area (TPSA) is 37.3 Å². The maximum Gasteiger partial charge on any atom is 0.139 e. The smallest absolute Gasteiger partial charge is 0.139 e. The van der Waals surface area contributed by atoms with Crippen LogP contribution < -0.4 is 0 Å². The minimum Gasteiger partial charge on any atom is -0.389 e. The standard InChI is InChI=1S/C19H28O2/c1-18-9-4-3-5-12(18)11-15(20)17-13-6-7-16(21)19(13,2)10-8-14(17)18/h11,13-15,17,20H,3-10H2,1-2H3/t13-,14-,15-,17-,18-,19-/m0/s1. The minimum absolute atomic E-state index is 0.140. The van der Waals surface area contributed by atoms with Crippen molar-refractivity contribution in [1.29, 1.82) is 0 Å². The van der Waals surface area contributed by atoms with Crippen molar-refractivity contribution in [1.82, 2.24) is 0 Å². The van der Waals surface area contributed by atoms with Gasteiger partial charge in [0.2, 0.25) is 0 Å². The molecule has 6 atom stereocenters. The van der Waals surface area contributed by atoms with Gasteiger partial charge >= 0.3 is 0 Å². The molecule has 116 valence electrons. The van der Waals surface area contributed by atoms with Gasteiger partial charge in [-0.2, -0.15) is 0 Å². The predicted molar refractivity (Wildman–Crippen MR) is 82.7 cm³/mol. The third kappa shape index (κ3) is 1.72. The predicted octanol–water partition coefficient (Wildman–Crippen LogP) is 3.88. The highest BCUT2D eigenvalue weighted by atomic mass is 16.3. The first kappa shape index (κ1) is 14.0. The summed E-state index contributed by atoms with van der Waals surface area (Å²) in [6.45, 7) is 4.62. The quantitative estimate of drug-likeness (QED) is 0.687. The number of fused-ring (bicyclic) bond motifs is 5. The van der Waals surface area contributed by atoms with Crippen molar-refractivity contribution in [3.05, 3.63) is 11.6 Å². The summed E-state index contributed by atoms with van der Waals surface area (Å²) in [4.78, 5) is 12.4. The Labute approximate surface area is 128 Å². The fourth-order valence-corrected chi connectivity index (χ4v) is 6.46. The highest BCUT2D eigenvalue weighted by Gasteiger charge is 2.60. The molecule has 0 spiro atoms. The second-order valence-electron chi connectivity index (χ2n) is 8.52. The van der Waals surface area contributed by atoms with Crippen LogP contribution in [0.1, 0.15) is 65.2 Å². The Kier molecular flexibility index (Phi) is 2.96. The second kappa shape index (κ2) is 4.44. The molecule has 0 amide bonds. The van der Waals surface area contributed by atoms with Crippen molar-refractivity contribution in [2.45, 2.75) is 71.3 Å². The van der Waals surface area contributed by atoms with Crippen molar-refractivity contribution in [2.24, 2.45) is 28.6 Å². The molecule has 4 aliphatic carbocycles. The van der Waals surface area contributed by atoms with Crippen LogP contribution in [0.25, 0.3) is 0 Å². The molecule has 3 saturated carbocycles. The minimum atomic E-state index is -0.313. The Balaban J connectivity index is 1.76. The summed E-state index contributed by atoms with van der Waals surface area (Å²) in [6.07, 6.45) is 10.9. The van der Waals surface area contributed by atoms with E-state index in [9.17, 15) is 9.90 Å². The van der Waals surface area contributed by atoms with Crippen LogP contribution in [0.15, 0.2) is 11.6 Å². The third-order valence-electron chi connectivity index (χ3n) is 7.75. The number of hydrogen-bond donors (Lipinski definition) is 1. The van der Waals surface area contributed by atoms with E-state index in [1.165, 1.54) is 31.3 Å². The number of hydrogen-bond acceptors (Lipinski definition) is 2. The van der Waals surface area contributed by atoms with Gasteiger partial charge in [-0.25, -0.2) is 0 Å². The van der Waals surface area contributed by atoms with Crippen molar-refractivity contribution in [3.8, 4) is 0 Å². The van der Waals surface area contributed by atoms with Gasteiger partial charge in [-0.1, -0.05) is 31.9 Å². The van der Waals surface area contributed by atoms with Crippen LogP contribution in [0.3, 0.4) is 0 Å². The largest absolute Gasteiger partial charge is 0.389 e. The van der Waals surface area contributed by atoms with E-state index < -0.39 is 0 Å². The van der Waals surface area contributed by atoms with Crippen LogP contribution in [0.5, 0.6) is 0 Å². The van der Waals surface area contributed by atoms with Crippen LogP contribution >= 0.6 is 0 Å². The van der Waals surface area contributed by atoms with E-state index in [1.807, 2.05) is 0 Å². The number of carbonyl (C=O) groups is 1. The fourth-order valence-electron chi connectivity index (χ4n) is 6.46. The Morgan fingerprint density at radius 3 is 2.62 bits per heavy atom. The third-order valence-corrected chi connectivity index (χ3v) is 7.75. The zero-order chi connectivity index (χ0) is 14.8. The molecule has 0 saturated heterocycles. The number of ketones is 1. The Morgan fingerprint density at radius 2 is 1.81 bits per heavy atom. The monoisotopic (exact) mass is 288 g/mol. The van der Waals surface area contributed by atoms with Crippen LogP contribution in [0.2, 0.25) is 0 Å². The summed E-state index contributed by atoms with van der Waals surface area (Å²) >= 11 is 0. The number of aliphatic hydroxyl groups is 1. The SMILES string of the molecule is C[C@]12CCCCC1=C[C@H](O)[C@@H]1[C@@H]2CC[C@]2(C)C(=O)CC[C@@H]12. The van der Waals surface area contributed by atoms with Gasteiger partial charge in [0.1, 0.15) is 5.78 Å². The van der Waals surface area contributed by atoms with E-state index in [-0.39, 0.29) is 11.5 Å². The summed E-state index contributed by atoms with van der Waals surface area (Å²) in [5.74, 6) is 1.79. The Bertz CT molecular complexity index is 508. The van der Waals surface area contributed by atoms with Gasteiger partial charge in [-0.05, 0) is 61.7 Å². The molecule has 0 aromatic heterocycles. The summed E-state index contributed by atoms with van der Waals surface area (Å²) in [5, 5.41) is 10.8. The maximum atomic E-state index is 12.4. The molecule has 1 N–H and O–H groups in total. The molecule has 3 fully saturated rings. The van der Waals surface area contributed by atoms with E-state index >= 15 is 0 Å². The van der Waals surface area contributed by atoms with E-state index in [0.717, 1.165) is 25.7 Å². The zero-order valence-corrected chi connectivity index (χ0v) is 13.4. The van der Waals surface area contributed by atoms with Gasteiger partial charge in [0.05, 0.1) is 6.10 Å². The lowest BCUT2D eigenvalue weighted by molar-refractivity contribution is -0.135. The highest BCUT2D eigenvalue weighted by molar-refractivity contribution is 5.87. The fraction of sp³-hybridized carbons (Fsp3) is 0.842. The normalized spacial score (nSPS) is 52.7. The van der Waals surface area contributed by atoms with Gasteiger partial charge < -0.3 is 5.11 Å². The van der Waals surface area contributed by atoms with Crippen LogP contribution in [-0.2, 0) is 4.79 Å². The second-order valence-corrected chi connectivity index (χ2v) is 8.52. The van der Waals surface area contributed by atoms with E-state index in [2.05, 4.69) is 19.9 Å². The molecule has 0 aliphatic heterocycles. The first-order valence-corrected chi connectivity index (χ1v) is 8.89. The summed E-state index contributed by atoms with van der Waals surface area (Å²) in [6, 6.07) is 0.